The van der Waals surface area contributed by atoms with Gasteiger partial charge in [-0.3, -0.25) is 34.0 Å². The van der Waals surface area contributed by atoms with Gasteiger partial charge in [0.1, 0.15) is 11.6 Å². The lowest BCUT2D eigenvalue weighted by atomic mass is 9.98. The fourth-order valence-corrected chi connectivity index (χ4v) is 8.71. The van der Waals surface area contributed by atoms with E-state index in [4.69, 9.17) is 5.11 Å². The highest BCUT2D eigenvalue weighted by Crippen LogP contribution is 2.33. The summed E-state index contributed by atoms with van der Waals surface area (Å²) in [5.41, 5.74) is 4.74. The summed E-state index contributed by atoms with van der Waals surface area (Å²) in [6.07, 6.45) is 7.66. The van der Waals surface area contributed by atoms with Crippen molar-refractivity contribution in [2.24, 2.45) is 0 Å². The molecule has 2 atom stereocenters. The molecule has 6 heterocycles. The number of carbonyl (C=O) groups excluding carboxylic acids is 1. The van der Waals surface area contributed by atoms with Crippen molar-refractivity contribution >= 4 is 54.6 Å². The number of halogens is 2. The van der Waals surface area contributed by atoms with E-state index in [2.05, 4.69) is 30.2 Å². The van der Waals surface area contributed by atoms with E-state index in [1.54, 1.807) is 29.3 Å². The fraction of sp³-hybridized carbons (Fsp3) is 0.381. The molecule has 6 aromatic rings. The average Bonchev–Trinajstić information content (AvgIpc) is 3.86. The van der Waals surface area contributed by atoms with E-state index in [1.807, 2.05) is 24.6 Å². The monoisotopic (exact) mass is 940 g/mol. The molecule has 0 saturated carbocycles. The van der Waals surface area contributed by atoms with E-state index in [-0.39, 0.29) is 39.7 Å². The molecule has 8 rings (SSSR count). The van der Waals surface area contributed by atoms with Crippen LogP contribution in [-0.4, -0.2) is 93.5 Å². The number of rotatable bonds is 8. The zero-order valence-corrected chi connectivity index (χ0v) is 38.1. The van der Waals surface area contributed by atoms with Gasteiger partial charge in [0, 0.05) is 47.2 Å². The maximum atomic E-state index is 13.8. The zero-order valence-electron chi connectivity index (χ0n) is 36.5. The number of nitrogens with one attached hydrogen (secondary N) is 5. The van der Waals surface area contributed by atoms with Crippen LogP contribution in [0.25, 0.3) is 11.3 Å². The fourth-order valence-electron chi connectivity index (χ4n) is 7.57. The van der Waals surface area contributed by atoms with Gasteiger partial charge in [0.25, 0.3) is 17.0 Å². The second-order valence-corrected chi connectivity index (χ2v) is 19.5. The van der Waals surface area contributed by atoms with E-state index >= 15 is 0 Å². The highest BCUT2D eigenvalue weighted by atomic mass is 32.2. The zero-order chi connectivity index (χ0) is 47.5. The first kappa shape index (κ1) is 48.0. The first-order valence-electron chi connectivity index (χ1n) is 20.5. The summed E-state index contributed by atoms with van der Waals surface area (Å²) >= 11 is 0. The number of sulfonamides is 2. The molecule has 0 radical (unpaired) electrons. The lowest BCUT2D eigenvalue weighted by Gasteiger charge is -2.35. The molecule has 2 saturated heterocycles. The Morgan fingerprint density at radius 1 is 0.708 bits per heavy atom. The highest BCUT2D eigenvalue weighted by Gasteiger charge is 2.32. The Morgan fingerprint density at radius 3 is 1.71 bits per heavy atom. The molecule has 23 heteroatoms. The Labute approximate surface area is 372 Å². The average molecular weight is 941 g/mol. The van der Waals surface area contributed by atoms with E-state index < -0.39 is 43.6 Å². The van der Waals surface area contributed by atoms with Gasteiger partial charge in [0.2, 0.25) is 20.0 Å². The van der Waals surface area contributed by atoms with Crippen LogP contribution in [0, 0.1) is 39.3 Å². The standard InChI is InChI=1S/C21H24FN5O4S.C13H18N4O.C8H8FNO4S/c1-12-13(2)23-19-11-17(24-27(19)20(12)28)18-6-4-5-9-26(18)21(29)15-8-7-14(22)10-16(15)25-32(3,30)31;1-8-9(2)15-12-7-11(16-17(12)13(8)18)10-5-3-4-6-14-10;1-15(13,14)10-7-4-5(9)2-3-6(7)8(11)12/h7-8,10-11,18,24-25H,4-6,9H2,1-3H3;7,10,14,16H,3-6H2,1-2H3;2-4,10H,1H3,(H,11,12)/t18-;10-;/m00./s1. The van der Waals surface area contributed by atoms with Crippen LogP contribution in [0.3, 0.4) is 0 Å². The van der Waals surface area contributed by atoms with Gasteiger partial charge in [-0.1, -0.05) is 6.42 Å². The maximum absolute atomic E-state index is 13.8. The van der Waals surface area contributed by atoms with Gasteiger partial charge >= 0.3 is 5.97 Å². The lowest BCUT2D eigenvalue weighted by molar-refractivity contribution is 0.0606. The van der Waals surface area contributed by atoms with Crippen LogP contribution in [0.1, 0.15) is 105 Å². The third kappa shape index (κ3) is 11.4. The third-order valence-corrected chi connectivity index (χ3v) is 12.2. The van der Waals surface area contributed by atoms with Crippen LogP contribution < -0.4 is 25.9 Å². The number of carboxylic acid groups (broad SMARTS) is 1. The Hall–Kier alpha value is -6.46. The van der Waals surface area contributed by atoms with Crippen LogP contribution in [0.15, 0.2) is 58.1 Å². The lowest BCUT2D eigenvalue weighted by Crippen LogP contribution is -2.39. The largest absolute Gasteiger partial charge is 0.478 e. The van der Waals surface area contributed by atoms with Crippen molar-refractivity contribution in [1.82, 2.24) is 39.4 Å². The van der Waals surface area contributed by atoms with Gasteiger partial charge in [0.15, 0.2) is 11.3 Å². The molecule has 19 nitrogen and oxygen atoms in total. The minimum Gasteiger partial charge on any atom is -0.478 e. The quantitative estimate of drug-likeness (QED) is 0.120. The van der Waals surface area contributed by atoms with Crippen molar-refractivity contribution in [3.8, 4) is 0 Å². The number of aryl methyl sites for hydroxylation is 2. The number of H-pyrrole nitrogens is 2. The van der Waals surface area contributed by atoms with Gasteiger partial charge in [-0.2, -0.15) is 0 Å². The van der Waals surface area contributed by atoms with Crippen LogP contribution in [0.4, 0.5) is 20.2 Å². The number of nitrogens with zero attached hydrogens (tertiary/aromatic N) is 5. The molecule has 2 fully saturated rings. The molecule has 0 unspecified atom stereocenters. The Bertz CT molecular complexity index is 3140. The number of benzene rings is 2. The van der Waals surface area contributed by atoms with Crippen molar-refractivity contribution in [1.29, 1.82) is 0 Å². The summed E-state index contributed by atoms with van der Waals surface area (Å²) in [5, 5.41) is 18.4. The van der Waals surface area contributed by atoms with Gasteiger partial charge in [0.05, 0.1) is 52.4 Å². The van der Waals surface area contributed by atoms with Crippen molar-refractivity contribution in [2.75, 3.05) is 35.0 Å². The SMILES string of the molecule is CS(=O)(=O)Nc1cc(F)ccc1C(=O)O.Cc1nc2cc([C@@H]3CCCCN3)[nH]n2c(=O)c1C.Cc1nc2cc([C@@H]3CCCCN3C(=O)c3ccc(F)cc3NS(C)(=O)=O)[nH]n2c(=O)c1C. The van der Waals surface area contributed by atoms with Crippen molar-refractivity contribution in [3.63, 3.8) is 0 Å². The third-order valence-electron chi connectivity index (χ3n) is 11.0. The van der Waals surface area contributed by atoms with E-state index in [0.717, 1.165) is 80.0 Å². The Balaban J connectivity index is 0.000000179. The van der Waals surface area contributed by atoms with E-state index in [9.17, 15) is 44.8 Å². The molecule has 0 spiro atoms. The van der Waals surface area contributed by atoms with Crippen LogP contribution in [0.2, 0.25) is 0 Å². The number of amides is 1. The molecule has 65 heavy (non-hydrogen) atoms. The molecular weight excluding hydrogens is 891 g/mol. The normalized spacial score (nSPS) is 16.6. The predicted octanol–water partition coefficient (Wildman–Crippen LogP) is 4.87. The van der Waals surface area contributed by atoms with E-state index in [1.165, 1.54) is 23.4 Å². The maximum Gasteiger partial charge on any atom is 0.337 e. The number of carboxylic acids is 1. The number of aromatic carboxylic acids is 1. The molecule has 0 bridgehead atoms. The summed E-state index contributed by atoms with van der Waals surface area (Å²) in [6.45, 7) is 8.65. The molecule has 2 aliphatic heterocycles. The number of piperidine rings is 2. The Morgan fingerprint density at radius 2 is 1.20 bits per heavy atom. The van der Waals surface area contributed by atoms with Gasteiger partial charge < -0.3 is 15.3 Å². The minimum atomic E-state index is -3.72. The Kier molecular flexibility index (Phi) is 14.3. The first-order valence-corrected chi connectivity index (χ1v) is 24.3. The number of anilines is 2. The molecule has 348 valence electrons. The number of hydrogen-bond donors (Lipinski definition) is 6. The smallest absolute Gasteiger partial charge is 0.337 e. The summed E-state index contributed by atoms with van der Waals surface area (Å²) in [7, 11) is -7.35. The predicted molar refractivity (Wildman–Crippen MR) is 239 cm³/mol. The summed E-state index contributed by atoms with van der Waals surface area (Å²) in [4.78, 5) is 59.4. The van der Waals surface area contributed by atoms with Crippen molar-refractivity contribution < 1.29 is 40.3 Å². The van der Waals surface area contributed by atoms with Gasteiger partial charge in [-0.25, -0.2) is 49.4 Å². The van der Waals surface area contributed by atoms with E-state index in [0.29, 0.717) is 52.8 Å². The summed E-state index contributed by atoms with van der Waals surface area (Å²) < 4.78 is 78.8. The second-order valence-electron chi connectivity index (χ2n) is 16.0. The molecule has 6 N–H and O–H groups in total. The number of carbonyl (C=O) groups is 2. The van der Waals surface area contributed by atoms with Gasteiger partial charge in [-0.15, -0.1) is 0 Å². The highest BCUT2D eigenvalue weighted by molar-refractivity contribution is 7.92. The number of aromatic amines is 2. The van der Waals surface area contributed by atoms with Crippen molar-refractivity contribution in [3.05, 3.63) is 126 Å². The first-order chi connectivity index (χ1) is 30.5. The number of likely N-dealkylation sites (tertiary alicyclic amines) is 1. The van der Waals surface area contributed by atoms with Crippen LogP contribution in [0.5, 0.6) is 0 Å². The number of aromatic nitrogens is 6. The molecule has 0 aliphatic carbocycles. The minimum absolute atomic E-state index is 0.000408. The molecule has 1 amide bonds. The molecule has 2 aromatic carbocycles. The molecular formula is C42H50F2N10O9S2. The molecule has 2 aliphatic rings. The summed E-state index contributed by atoms with van der Waals surface area (Å²) in [5.74, 6) is -3.13. The topological polar surface area (TPSA) is 262 Å². The van der Waals surface area contributed by atoms with Crippen molar-refractivity contribution in [2.45, 2.75) is 78.3 Å². The van der Waals surface area contributed by atoms with Crippen LogP contribution >= 0.6 is 0 Å². The second kappa shape index (κ2) is 19.3. The molecule has 4 aromatic heterocycles. The summed E-state index contributed by atoms with van der Waals surface area (Å²) in [6, 6.07) is 9.83. The van der Waals surface area contributed by atoms with Gasteiger partial charge in [-0.05, 0) is 103 Å². The van der Waals surface area contributed by atoms with Crippen LogP contribution in [-0.2, 0) is 20.0 Å². The number of hydrogen-bond acceptors (Lipinski definition) is 11. The number of fused-ring (bicyclic) bond motifs is 2.